The first-order chi connectivity index (χ1) is 14.1. The summed E-state index contributed by atoms with van der Waals surface area (Å²) in [5.74, 6) is 1.51. The molecule has 0 bridgehead atoms. The molecule has 1 aromatic heterocycles. The lowest BCUT2D eigenvalue weighted by Crippen LogP contribution is -2.42. The standard InChI is InChI=1S/C24H27N3O2/c1-18-7-3-4-8-20(18)23-25-15-19(16-26-23)17-27-13-11-24(28,12-14-27)21-9-5-6-10-22(21)29-2/h3-10,15-16,28H,11-14,17H2,1-2H3. The highest BCUT2D eigenvalue weighted by atomic mass is 16.5. The molecule has 0 unspecified atom stereocenters. The first-order valence-electron chi connectivity index (χ1n) is 10.0. The predicted octanol–water partition coefficient (Wildman–Crippen LogP) is 3.94. The average molecular weight is 389 g/mol. The lowest BCUT2D eigenvalue weighted by atomic mass is 9.84. The highest BCUT2D eigenvalue weighted by Crippen LogP contribution is 2.38. The Bertz CT molecular complexity index is 964. The Morgan fingerprint density at radius 3 is 2.34 bits per heavy atom. The minimum Gasteiger partial charge on any atom is -0.496 e. The van der Waals surface area contributed by atoms with Gasteiger partial charge in [0.25, 0.3) is 0 Å². The number of methoxy groups -OCH3 is 1. The van der Waals surface area contributed by atoms with E-state index in [4.69, 9.17) is 4.74 Å². The van der Waals surface area contributed by atoms with E-state index in [2.05, 4.69) is 27.9 Å². The number of benzene rings is 2. The Morgan fingerprint density at radius 1 is 1.00 bits per heavy atom. The van der Waals surface area contributed by atoms with E-state index in [1.165, 1.54) is 5.56 Å². The summed E-state index contributed by atoms with van der Waals surface area (Å²) in [4.78, 5) is 11.5. The summed E-state index contributed by atoms with van der Waals surface area (Å²) in [6.07, 6.45) is 5.18. The number of rotatable bonds is 5. The van der Waals surface area contributed by atoms with Gasteiger partial charge in [0.2, 0.25) is 0 Å². The summed E-state index contributed by atoms with van der Waals surface area (Å²) in [6, 6.07) is 15.9. The topological polar surface area (TPSA) is 58.5 Å². The fourth-order valence-electron chi connectivity index (χ4n) is 4.04. The minimum atomic E-state index is -0.839. The molecule has 5 heteroatoms. The van der Waals surface area contributed by atoms with Crippen molar-refractivity contribution >= 4 is 0 Å². The van der Waals surface area contributed by atoms with E-state index in [1.807, 2.05) is 54.9 Å². The molecule has 29 heavy (non-hydrogen) atoms. The van der Waals surface area contributed by atoms with E-state index in [0.29, 0.717) is 12.8 Å². The van der Waals surface area contributed by atoms with Gasteiger partial charge in [-0.3, -0.25) is 4.90 Å². The zero-order chi connectivity index (χ0) is 20.3. The zero-order valence-corrected chi connectivity index (χ0v) is 17.0. The van der Waals surface area contributed by atoms with Crippen LogP contribution in [0.3, 0.4) is 0 Å². The Kier molecular flexibility index (Phi) is 5.60. The number of hydrogen-bond acceptors (Lipinski definition) is 5. The molecule has 3 aromatic rings. The molecule has 2 aromatic carbocycles. The molecule has 0 atom stereocenters. The van der Waals surface area contributed by atoms with Gasteiger partial charge in [-0.2, -0.15) is 0 Å². The molecule has 150 valence electrons. The Hall–Kier alpha value is -2.76. The molecule has 1 N–H and O–H groups in total. The molecule has 0 amide bonds. The average Bonchev–Trinajstić information content (AvgIpc) is 2.76. The summed E-state index contributed by atoms with van der Waals surface area (Å²) in [7, 11) is 1.65. The number of hydrogen-bond donors (Lipinski definition) is 1. The van der Waals surface area contributed by atoms with Crippen molar-refractivity contribution in [3.8, 4) is 17.1 Å². The van der Waals surface area contributed by atoms with Gasteiger partial charge in [-0.05, 0) is 31.4 Å². The van der Waals surface area contributed by atoms with Crippen molar-refractivity contribution in [1.82, 2.24) is 14.9 Å². The fourth-order valence-corrected chi connectivity index (χ4v) is 4.04. The summed E-state index contributed by atoms with van der Waals surface area (Å²) < 4.78 is 5.45. The molecule has 1 aliphatic heterocycles. The molecule has 1 saturated heterocycles. The lowest BCUT2D eigenvalue weighted by Gasteiger charge is -2.39. The molecule has 4 rings (SSSR count). The number of nitrogens with zero attached hydrogens (tertiary/aromatic N) is 3. The van der Waals surface area contributed by atoms with Gasteiger partial charge in [0.05, 0.1) is 12.7 Å². The van der Waals surface area contributed by atoms with E-state index in [9.17, 15) is 5.11 Å². The van der Waals surface area contributed by atoms with Gasteiger partial charge < -0.3 is 9.84 Å². The molecule has 1 fully saturated rings. The van der Waals surface area contributed by atoms with Crippen LogP contribution in [-0.4, -0.2) is 40.2 Å². The first kappa shape index (κ1) is 19.6. The molecule has 5 nitrogen and oxygen atoms in total. The SMILES string of the molecule is COc1ccccc1C1(O)CCN(Cc2cnc(-c3ccccc3C)nc2)CC1. The maximum Gasteiger partial charge on any atom is 0.159 e. The third-order valence-corrected chi connectivity index (χ3v) is 5.79. The van der Waals surface area contributed by atoms with Gasteiger partial charge in [-0.1, -0.05) is 42.5 Å². The largest absolute Gasteiger partial charge is 0.496 e. The van der Waals surface area contributed by atoms with Crippen molar-refractivity contribution in [2.45, 2.75) is 31.9 Å². The van der Waals surface area contributed by atoms with Crippen LogP contribution in [0.1, 0.15) is 29.5 Å². The van der Waals surface area contributed by atoms with Gasteiger partial charge >= 0.3 is 0 Å². The van der Waals surface area contributed by atoms with Gasteiger partial charge in [0, 0.05) is 48.7 Å². The van der Waals surface area contributed by atoms with Crippen molar-refractivity contribution in [2.24, 2.45) is 0 Å². The van der Waals surface area contributed by atoms with Crippen molar-refractivity contribution in [3.05, 3.63) is 77.6 Å². The van der Waals surface area contributed by atoms with Crippen LogP contribution in [0.5, 0.6) is 5.75 Å². The summed E-state index contributed by atoms with van der Waals surface area (Å²) in [5, 5.41) is 11.2. The van der Waals surface area contributed by atoms with Crippen LogP contribution >= 0.6 is 0 Å². The Labute approximate surface area is 172 Å². The number of likely N-dealkylation sites (tertiary alicyclic amines) is 1. The van der Waals surface area contributed by atoms with Crippen LogP contribution in [-0.2, 0) is 12.1 Å². The van der Waals surface area contributed by atoms with Gasteiger partial charge in [-0.15, -0.1) is 0 Å². The molecule has 0 spiro atoms. The molecule has 2 heterocycles. The quantitative estimate of drug-likeness (QED) is 0.716. The number of aryl methyl sites for hydroxylation is 1. The van der Waals surface area contributed by atoms with Gasteiger partial charge in [0.1, 0.15) is 5.75 Å². The monoisotopic (exact) mass is 389 g/mol. The highest BCUT2D eigenvalue weighted by molar-refractivity contribution is 5.59. The molecule has 0 aliphatic carbocycles. The Balaban J connectivity index is 1.40. The second-order valence-corrected chi connectivity index (χ2v) is 7.74. The lowest BCUT2D eigenvalue weighted by molar-refractivity contribution is -0.0292. The first-order valence-corrected chi connectivity index (χ1v) is 10.0. The minimum absolute atomic E-state index is 0.676. The van der Waals surface area contributed by atoms with Crippen LogP contribution in [0.4, 0.5) is 0 Å². The fraction of sp³-hybridized carbons (Fsp3) is 0.333. The van der Waals surface area contributed by atoms with E-state index < -0.39 is 5.60 Å². The van der Waals surface area contributed by atoms with Crippen LogP contribution in [0.2, 0.25) is 0 Å². The number of aromatic nitrogens is 2. The highest BCUT2D eigenvalue weighted by Gasteiger charge is 2.36. The normalized spacial score (nSPS) is 16.5. The summed E-state index contributed by atoms with van der Waals surface area (Å²) in [5.41, 5.74) is 3.37. The van der Waals surface area contributed by atoms with Gasteiger partial charge in [-0.25, -0.2) is 9.97 Å². The number of para-hydroxylation sites is 1. The zero-order valence-electron chi connectivity index (χ0n) is 17.0. The second kappa shape index (κ2) is 8.31. The van der Waals surface area contributed by atoms with Gasteiger partial charge in [0.15, 0.2) is 5.82 Å². The molecule has 1 aliphatic rings. The molecule has 0 radical (unpaired) electrons. The predicted molar refractivity (Wildman–Crippen MR) is 114 cm³/mol. The maximum absolute atomic E-state index is 11.2. The summed E-state index contributed by atoms with van der Waals surface area (Å²) >= 11 is 0. The van der Waals surface area contributed by atoms with Crippen molar-refractivity contribution < 1.29 is 9.84 Å². The number of aliphatic hydroxyl groups is 1. The third kappa shape index (κ3) is 4.16. The van der Waals surface area contributed by atoms with Crippen LogP contribution in [0.15, 0.2) is 60.9 Å². The molecular weight excluding hydrogens is 362 g/mol. The Morgan fingerprint density at radius 2 is 1.66 bits per heavy atom. The maximum atomic E-state index is 11.2. The summed E-state index contributed by atoms with van der Waals surface area (Å²) in [6.45, 7) is 4.49. The number of piperidine rings is 1. The van der Waals surface area contributed by atoms with E-state index in [-0.39, 0.29) is 0 Å². The number of ether oxygens (including phenoxy) is 1. The van der Waals surface area contributed by atoms with Crippen LogP contribution < -0.4 is 4.74 Å². The third-order valence-electron chi connectivity index (χ3n) is 5.79. The molecular formula is C24H27N3O2. The van der Waals surface area contributed by atoms with E-state index >= 15 is 0 Å². The smallest absolute Gasteiger partial charge is 0.159 e. The van der Waals surface area contributed by atoms with Crippen LogP contribution in [0, 0.1) is 6.92 Å². The van der Waals surface area contributed by atoms with Crippen LogP contribution in [0.25, 0.3) is 11.4 Å². The van der Waals surface area contributed by atoms with Crippen molar-refractivity contribution in [2.75, 3.05) is 20.2 Å². The molecule has 0 saturated carbocycles. The van der Waals surface area contributed by atoms with E-state index in [1.54, 1.807) is 7.11 Å². The van der Waals surface area contributed by atoms with Crippen molar-refractivity contribution in [3.63, 3.8) is 0 Å². The van der Waals surface area contributed by atoms with E-state index in [0.717, 1.165) is 47.9 Å². The second-order valence-electron chi connectivity index (χ2n) is 7.74. The van der Waals surface area contributed by atoms with Crippen molar-refractivity contribution in [1.29, 1.82) is 0 Å².